The van der Waals surface area contributed by atoms with Gasteiger partial charge in [0, 0.05) is 28.9 Å². The summed E-state index contributed by atoms with van der Waals surface area (Å²) in [4.78, 5) is 11.9. The van der Waals surface area contributed by atoms with Crippen molar-refractivity contribution >= 4 is 21.8 Å². The van der Waals surface area contributed by atoms with Gasteiger partial charge in [0.15, 0.2) is 0 Å². The Hall–Kier alpha value is -0.0900. The van der Waals surface area contributed by atoms with Crippen molar-refractivity contribution in [2.75, 3.05) is 5.33 Å². The van der Waals surface area contributed by atoms with Crippen LogP contribution in [0.4, 0.5) is 0 Å². The Balaban J connectivity index is 2.44. The molecule has 0 saturated carbocycles. The van der Waals surface area contributed by atoms with Crippen LogP contribution in [0.2, 0.25) is 0 Å². The molecule has 1 rings (SSSR count). The van der Waals surface area contributed by atoms with E-state index >= 15 is 0 Å². The number of amides is 1. The van der Waals surface area contributed by atoms with Crippen LogP contribution in [0.3, 0.4) is 0 Å². The third kappa shape index (κ3) is 5.70. The van der Waals surface area contributed by atoms with Gasteiger partial charge in [-0.1, -0.05) is 15.9 Å². The second-order valence-electron chi connectivity index (χ2n) is 6.71. The van der Waals surface area contributed by atoms with Crippen LogP contribution in [-0.4, -0.2) is 28.4 Å². The van der Waals surface area contributed by atoms with E-state index in [0.29, 0.717) is 12.5 Å². The molecule has 0 aliphatic carbocycles. The number of piperidine rings is 1. The summed E-state index contributed by atoms with van der Waals surface area (Å²) < 4.78 is 0. The zero-order valence-electron chi connectivity index (χ0n) is 12.1. The van der Waals surface area contributed by atoms with Crippen molar-refractivity contribution in [1.29, 1.82) is 0 Å². The zero-order chi connectivity index (χ0) is 13.8. The van der Waals surface area contributed by atoms with Gasteiger partial charge in [-0.25, -0.2) is 0 Å². The highest BCUT2D eigenvalue weighted by atomic mass is 79.9. The molecule has 2 N–H and O–H groups in total. The van der Waals surface area contributed by atoms with Crippen LogP contribution in [-0.2, 0) is 4.79 Å². The van der Waals surface area contributed by atoms with Crippen LogP contribution in [0.25, 0.3) is 0 Å². The van der Waals surface area contributed by atoms with Gasteiger partial charge in [-0.05, 0) is 53.4 Å². The molecule has 0 radical (unpaired) electrons. The highest BCUT2D eigenvalue weighted by Gasteiger charge is 2.37. The molecule has 0 atom stereocenters. The van der Waals surface area contributed by atoms with Crippen LogP contribution >= 0.6 is 15.9 Å². The summed E-state index contributed by atoms with van der Waals surface area (Å²) in [6, 6.07) is 0.299. The van der Waals surface area contributed by atoms with Gasteiger partial charge in [0.2, 0.25) is 5.91 Å². The van der Waals surface area contributed by atoms with Gasteiger partial charge in [-0.2, -0.15) is 0 Å². The molecule has 106 valence electrons. The Bertz CT molecular complexity index is 274. The molecule has 4 heteroatoms. The van der Waals surface area contributed by atoms with E-state index in [0.717, 1.165) is 31.0 Å². The number of alkyl halides is 1. The Morgan fingerprint density at radius 3 is 2.28 bits per heavy atom. The number of carbonyl (C=O) groups is 1. The fourth-order valence-corrected chi connectivity index (χ4v) is 3.50. The Morgan fingerprint density at radius 2 is 1.78 bits per heavy atom. The first-order valence-corrected chi connectivity index (χ1v) is 8.01. The van der Waals surface area contributed by atoms with E-state index in [1.165, 1.54) is 0 Å². The monoisotopic (exact) mass is 318 g/mol. The molecule has 0 aromatic heterocycles. The van der Waals surface area contributed by atoms with Gasteiger partial charge in [0.05, 0.1) is 0 Å². The minimum atomic E-state index is 0.0928. The molecule has 1 fully saturated rings. The Morgan fingerprint density at radius 1 is 1.22 bits per heavy atom. The quantitative estimate of drug-likeness (QED) is 0.604. The van der Waals surface area contributed by atoms with E-state index < -0.39 is 0 Å². The molecule has 18 heavy (non-hydrogen) atoms. The van der Waals surface area contributed by atoms with Gasteiger partial charge in [-0.15, -0.1) is 0 Å². The molecule has 1 amide bonds. The van der Waals surface area contributed by atoms with E-state index in [-0.39, 0.29) is 17.0 Å². The van der Waals surface area contributed by atoms with Crippen molar-refractivity contribution < 1.29 is 4.79 Å². The average Bonchev–Trinajstić information content (AvgIpc) is 2.12. The van der Waals surface area contributed by atoms with Gasteiger partial charge in [-0.3, -0.25) is 4.79 Å². The van der Waals surface area contributed by atoms with Crippen LogP contribution in [0.5, 0.6) is 0 Å². The summed E-state index contributed by atoms with van der Waals surface area (Å²) in [6.45, 7) is 8.83. The number of halogens is 1. The van der Waals surface area contributed by atoms with Crippen molar-refractivity contribution in [1.82, 2.24) is 10.6 Å². The number of rotatable bonds is 5. The minimum Gasteiger partial charge on any atom is -0.353 e. The second kappa shape index (κ2) is 6.38. The van der Waals surface area contributed by atoms with Gasteiger partial charge < -0.3 is 10.6 Å². The van der Waals surface area contributed by atoms with Crippen molar-refractivity contribution in [2.45, 2.75) is 76.9 Å². The summed E-state index contributed by atoms with van der Waals surface area (Å²) in [6.07, 6.45) is 4.68. The van der Waals surface area contributed by atoms with Gasteiger partial charge in [0.1, 0.15) is 0 Å². The first kappa shape index (κ1) is 16.0. The predicted octanol–water partition coefficient (Wildman–Crippen LogP) is 2.98. The fraction of sp³-hybridized carbons (Fsp3) is 0.929. The minimum absolute atomic E-state index is 0.0928. The molecule has 0 bridgehead atoms. The van der Waals surface area contributed by atoms with Crippen molar-refractivity contribution in [3.8, 4) is 0 Å². The topological polar surface area (TPSA) is 41.1 Å². The molecule has 3 nitrogen and oxygen atoms in total. The molecule has 0 aromatic carbocycles. The molecule has 0 spiro atoms. The maximum Gasteiger partial charge on any atom is 0.220 e. The normalized spacial score (nSPS) is 22.7. The van der Waals surface area contributed by atoms with Crippen LogP contribution < -0.4 is 10.6 Å². The lowest BCUT2D eigenvalue weighted by atomic mass is 9.79. The smallest absolute Gasteiger partial charge is 0.220 e. The second-order valence-corrected chi connectivity index (χ2v) is 7.50. The zero-order valence-corrected chi connectivity index (χ0v) is 13.7. The molecule has 0 aromatic rings. The van der Waals surface area contributed by atoms with E-state index in [9.17, 15) is 4.79 Å². The first-order valence-electron chi connectivity index (χ1n) is 6.89. The number of nitrogens with one attached hydrogen (secondary N) is 2. The number of unbranched alkanes of at least 4 members (excludes halogenated alkanes) is 1. The lowest BCUT2D eigenvalue weighted by Gasteiger charge is -2.46. The highest BCUT2D eigenvalue weighted by Crippen LogP contribution is 2.28. The molecule has 1 aliphatic heterocycles. The van der Waals surface area contributed by atoms with Crippen molar-refractivity contribution in [3.63, 3.8) is 0 Å². The van der Waals surface area contributed by atoms with E-state index in [1.807, 2.05) is 0 Å². The van der Waals surface area contributed by atoms with Crippen molar-refractivity contribution in [2.24, 2.45) is 0 Å². The maximum atomic E-state index is 11.9. The molecule has 0 unspecified atom stereocenters. The lowest BCUT2D eigenvalue weighted by Crippen LogP contribution is -2.62. The summed E-state index contributed by atoms with van der Waals surface area (Å²) >= 11 is 3.39. The maximum absolute atomic E-state index is 11.9. The Kier molecular flexibility index (Phi) is 5.66. The standard InChI is InChI=1S/C14H27BrN2O/c1-13(2)9-11(10-14(3,4)17-13)16-12(18)7-5-6-8-15/h11,17H,5-10H2,1-4H3,(H,16,18). The number of carbonyl (C=O) groups excluding carboxylic acids is 1. The van der Waals surface area contributed by atoms with Crippen LogP contribution in [0, 0.1) is 0 Å². The van der Waals surface area contributed by atoms with Gasteiger partial charge in [0.25, 0.3) is 0 Å². The largest absolute Gasteiger partial charge is 0.353 e. The van der Waals surface area contributed by atoms with Crippen molar-refractivity contribution in [3.05, 3.63) is 0 Å². The van der Waals surface area contributed by atoms with Crippen LogP contribution in [0.1, 0.15) is 59.8 Å². The third-order valence-corrected chi connectivity index (χ3v) is 3.90. The first-order chi connectivity index (χ1) is 8.24. The Labute approximate surface area is 120 Å². The van der Waals surface area contributed by atoms with E-state index in [4.69, 9.17) is 0 Å². The molecule has 1 saturated heterocycles. The predicted molar refractivity (Wildman–Crippen MR) is 80.1 cm³/mol. The summed E-state index contributed by atoms with van der Waals surface area (Å²) in [5, 5.41) is 7.80. The molecular formula is C14H27BrN2O. The third-order valence-electron chi connectivity index (χ3n) is 3.34. The number of hydrogen-bond acceptors (Lipinski definition) is 2. The summed E-state index contributed by atoms with van der Waals surface area (Å²) in [7, 11) is 0. The van der Waals surface area contributed by atoms with E-state index in [2.05, 4.69) is 54.3 Å². The SMILES string of the molecule is CC1(C)CC(NC(=O)CCCCBr)CC(C)(C)N1. The number of hydrogen-bond donors (Lipinski definition) is 2. The average molecular weight is 319 g/mol. The molecular weight excluding hydrogens is 292 g/mol. The van der Waals surface area contributed by atoms with E-state index in [1.54, 1.807) is 0 Å². The lowest BCUT2D eigenvalue weighted by molar-refractivity contribution is -0.122. The molecule has 1 aliphatic rings. The molecule has 1 heterocycles. The highest BCUT2D eigenvalue weighted by molar-refractivity contribution is 9.09. The fourth-order valence-electron chi connectivity index (χ4n) is 3.10. The summed E-state index contributed by atoms with van der Waals surface area (Å²) in [5.74, 6) is 0.203. The van der Waals surface area contributed by atoms with Crippen LogP contribution in [0.15, 0.2) is 0 Å². The van der Waals surface area contributed by atoms with Gasteiger partial charge >= 0.3 is 0 Å². The summed E-state index contributed by atoms with van der Waals surface area (Å²) in [5.41, 5.74) is 0.186.